The highest BCUT2D eigenvalue weighted by atomic mass is 32.2. The number of benzene rings is 1. The summed E-state index contributed by atoms with van der Waals surface area (Å²) in [6, 6.07) is 6.63. The first-order valence-corrected chi connectivity index (χ1v) is 6.86. The van der Waals surface area contributed by atoms with Gasteiger partial charge in [0.25, 0.3) is 10.0 Å². The number of rotatable bonds is 3. The molecule has 0 bridgehead atoms. The van der Waals surface area contributed by atoms with Crippen molar-refractivity contribution in [1.82, 2.24) is 14.9 Å². The van der Waals surface area contributed by atoms with Crippen LogP contribution in [0.15, 0.2) is 29.2 Å². The SMILES string of the molecule is Cc1ccc(S(=O)(=O)Nn2c(C)nnc2C)cc1. The van der Waals surface area contributed by atoms with Gasteiger partial charge in [0.15, 0.2) is 0 Å². The van der Waals surface area contributed by atoms with Gasteiger partial charge in [-0.2, -0.15) is 8.42 Å². The van der Waals surface area contributed by atoms with E-state index >= 15 is 0 Å². The molecular formula is C11H14N4O2S. The number of sulfonamides is 1. The Kier molecular flexibility index (Phi) is 3.08. The van der Waals surface area contributed by atoms with Crippen LogP contribution in [-0.2, 0) is 10.0 Å². The minimum Gasteiger partial charge on any atom is -0.215 e. The van der Waals surface area contributed by atoms with Gasteiger partial charge in [-0.1, -0.05) is 17.7 Å². The largest absolute Gasteiger partial charge is 0.275 e. The van der Waals surface area contributed by atoms with Crippen LogP contribution in [0.4, 0.5) is 0 Å². The maximum atomic E-state index is 12.1. The number of nitrogens with one attached hydrogen (secondary N) is 1. The lowest BCUT2D eigenvalue weighted by atomic mass is 10.2. The van der Waals surface area contributed by atoms with Crippen LogP contribution in [0.1, 0.15) is 17.2 Å². The number of nitrogens with zero attached hydrogens (tertiary/aromatic N) is 3. The molecule has 1 aromatic carbocycles. The molecule has 1 aromatic heterocycles. The number of aromatic nitrogens is 3. The van der Waals surface area contributed by atoms with Crippen LogP contribution in [0.3, 0.4) is 0 Å². The molecule has 0 aliphatic heterocycles. The molecule has 0 saturated carbocycles. The molecule has 96 valence electrons. The van der Waals surface area contributed by atoms with Gasteiger partial charge >= 0.3 is 0 Å². The molecule has 2 rings (SSSR count). The van der Waals surface area contributed by atoms with Crippen molar-refractivity contribution in [2.24, 2.45) is 0 Å². The van der Waals surface area contributed by atoms with E-state index < -0.39 is 10.0 Å². The first kappa shape index (κ1) is 12.6. The lowest BCUT2D eigenvalue weighted by Crippen LogP contribution is -2.25. The molecule has 7 heteroatoms. The van der Waals surface area contributed by atoms with Crippen LogP contribution in [0.25, 0.3) is 0 Å². The first-order chi connectivity index (χ1) is 8.40. The Labute approximate surface area is 106 Å². The highest BCUT2D eigenvalue weighted by Gasteiger charge is 2.16. The van der Waals surface area contributed by atoms with Gasteiger partial charge in [-0.15, -0.1) is 10.2 Å². The van der Waals surface area contributed by atoms with Crippen LogP contribution in [-0.4, -0.2) is 23.3 Å². The van der Waals surface area contributed by atoms with Crippen molar-refractivity contribution in [1.29, 1.82) is 0 Å². The van der Waals surface area contributed by atoms with E-state index in [1.165, 1.54) is 4.68 Å². The summed E-state index contributed by atoms with van der Waals surface area (Å²) in [4.78, 5) is 2.64. The van der Waals surface area contributed by atoms with Crippen LogP contribution in [0, 0.1) is 20.8 Å². The van der Waals surface area contributed by atoms with Crippen molar-refractivity contribution in [2.75, 3.05) is 4.83 Å². The summed E-state index contributed by atoms with van der Waals surface area (Å²) < 4.78 is 25.6. The summed E-state index contributed by atoms with van der Waals surface area (Å²) in [5.41, 5.74) is 1.01. The van der Waals surface area contributed by atoms with Crippen molar-refractivity contribution in [2.45, 2.75) is 25.7 Å². The van der Waals surface area contributed by atoms with E-state index in [-0.39, 0.29) is 4.90 Å². The van der Waals surface area contributed by atoms with Gasteiger partial charge < -0.3 is 0 Å². The van der Waals surface area contributed by atoms with E-state index in [4.69, 9.17) is 0 Å². The second kappa shape index (κ2) is 4.41. The fourth-order valence-electron chi connectivity index (χ4n) is 1.49. The van der Waals surface area contributed by atoms with Gasteiger partial charge in [-0.05, 0) is 32.9 Å². The average molecular weight is 266 g/mol. The molecule has 0 saturated heterocycles. The number of hydrogen-bond acceptors (Lipinski definition) is 4. The van der Waals surface area contributed by atoms with Crippen LogP contribution in [0.2, 0.25) is 0 Å². The van der Waals surface area contributed by atoms with Gasteiger partial charge in [0.05, 0.1) is 4.90 Å². The molecule has 0 amide bonds. The molecule has 0 unspecified atom stereocenters. The van der Waals surface area contributed by atoms with Crippen LogP contribution >= 0.6 is 0 Å². The third-order valence-electron chi connectivity index (χ3n) is 2.53. The van der Waals surface area contributed by atoms with Crippen molar-refractivity contribution in [3.05, 3.63) is 41.5 Å². The maximum absolute atomic E-state index is 12.1. The fraction of sp³-hybridized carbons (Fsp3) is 0.273. The Bertz CT molecular complexity index is 639. The van der Waals surface area contributed by atoms with E-state index in [2.05, 4.69) is 15.0 Å². The number of aryl methyl sites for hydroxylation is 3. The van der Waals surface area contributed by atoms with E-state index in [1.54, 1.807) is 38.1 Å². The van der Waals surface area contributed by atoms with Crippen molar-refractivity contribution in [3.8, 4) is 0 Å². The quantitative estimate of drug-likeness (QED) is 0.903. The van der Waals surface area contributed by atoms with Gasteiger partial charge in [0, 0.05) is 0 Å². The Balaban J connectivity index is 2.36. The molecule has 1 N–H and O–H groups in total. The summed E-state index contributed by atoms with van der Waals surface area (Å²) >= 11 is 0. The smallest absolute Gasteiger partial charge is 0.215 e. The third kappa shape index (κ3) is 2.35. The molecule has 18 heavy (non-hydrogen) atoms. The Morgan fingerprint density at radius 2 is 1.50 bits per heavy atom. The van der Waals surface area contributed by atoms with Crippen LogP contribution < -0.4 is 4.83 Å². The van der Waals surface area contributed by atoms with Crippen molar-refractivity contribution >= 4 is 10.0 Å². The van der Waals surface area contributed by atoms with Gasteiger partial charge in [-0.25, -0.2) is 9.51 Å². The van der Waals surface area contributed by atoms with E-state index in [9.17, 15) is 8.42 Å². The summed E-state index contributed by atoms with van der Waals surface area (Å²) in [6.45, 7) is 5.26. The lowest BCUT2D eigenvalue weighted by Gasteiger charge is -2.10. The number of hydrogen-bond donors (Lipinski definition) is 1. The predicted octanol–water partition coefficient (Wildman–Crippen LogP) is 1.14. The highest BCUT2D eigenvalue weighted by molar-refractivity contribution is 7.92. The maximum Gasteiger partial charge on any atom is 0.275 e. The van der Waals surface area contributed by atoms with E-state index in [0.29, 0.717) is 11.6 Å². The van der Waals surface area contributed by atoms with E-state index in [1.807, 2.05) is 6.92 Å². The Morgan fingerprint density at radius 3 is 2.00 bits per heavy atom. The second-order valence-corrected chi connectivity index (χ2v) is 5.70. The first-order valence-electron chi connectivity index (χ1n) is 5.38. The summed E-state index contributed by atoms with van der Waals surface area (Å²) in [5, 5.41) is 7.59. The minimum atomic E-state index is -3.61. The normalized spacial score (nSPS) is 11.5. The molecule has 0 atom stereocenters. The summed E-state index contributed by atoms with van der Waals surface area (Å²) in [6.07, 6.45) is 0. The monoisotopic (exact) mass is 266 g/mol. The Morgan fingerprint density at radius 1 is 1.00 bits per heavy atom. The molecule has 0 fully saturated rings. The van der Waals surface area contributed by atoms with Crippen LogP contribution in [0.5, 0.6) is 0 Å². The summed E-state index contributed by atoms with van der Waals surface area (Å²) in [5.74, 6) is 0.978. The molecule has 0 aliphatic carbocycles. The molecule has 6 nitrogen and oxygen atoms in total. The molecule has 0 spiro atoms. The minimum absolute atomic E-state index is 0.209. The standard InChI is InChI=1S/C11H14N4O2S/c1-8-4-6-11(7-5-8)18(16,17)14-15-9(2)12-13-10(15)3/h4-7,14H,1-3H3. The predicted molar refractivity (Wildman–Crippen MR) is 67.2 cm³/mol. The Hall–Kier alpha value is -1.89. The van der Waals surface area contributed by atoms with Gasteiger partial charge in [0.2, 0.25) is 0 Å². The van der Waals surface area contributed by atoms with Crippen molar-refractivity contribution in [3.63, 3.8) is 0 Å². The molecule has 0 radical (unpaired) electrons. The third-order valence-corrected chi connectivity index (χ3v) is 3.85. The van der Waals surface area contributed by atoms with Gasteiger partial charge in [0.1, 0.15) is 11.6 Å². The topological polar surface area (TPSA) is 76.9 Å². The highest BCUT2D eigenvalue weighted by Crippen LogP contribution is 2.11. The molecule has 2 aromatic rings. The van der Waals surface area contributed by atoms with Crippen molar-refractivity contribution < 1.29 is 8.42 Å². The zero-order valence-corrected chi connectivity index (χ0v) is 11.2. The fourth-order valence-corrected chi connectivity index (χ4v) is 2.60. The lowest BCUT2D eigenvalue weighted by molar-refractivity contribution is 0.593. The molecular weight excluding hydrogens is 252 g/mol. The summed E-state index contributed by atoms with van der Waals surface area (Å²) in [7, 11) is -3.61. The van der Waals surface area contributed by atoms with Gasteiger partial charge in [-0.3, -0.25) is 0 Å². The second-order valence-electron chi connectivity index (χ2n) is 4.04. The zero-order chi connectivity index (χ0) is 13.3. The molecule has 1 heterocycles. The molecule has 0 aliphatic rings. The van der Waals surface area contributed by atoms with E-state index in [0.717, 1.165) is 5.56 Å². The average Bonchev–Trinajstić information content (AvgIpc) is 2.61. The zero-order valence-electron chi connectivity index (χ0n) is 10.4.